The van der Waals surface area contributed by atoms with Gasteiger partial charge in [0.05, 0.1) is 12.8 Å². The van der Waals surface area contributed by atoms with Crippen molar-refractivity contribution in [3.63, 3.8) is 0 Å². The van der Waals surface area contributed by atoms with Crippen LogP contribution >= 0.6 is 0 Å². The van der Waals surface area contributed by atoms with Crippen LogP contribution in [0.5, 0.6) is 5.75 Å². The molecule has 0 spiro atoms. The Morgan fingerprint density at radius 2 is 2.38 bits per heavy atom. The number of benzene rings is 1. The van der Waals surface area contributed by atoms with E-state index in [1.54, 1.807) is 7.11 Å². The van der Waals surface area contributed by atoms with E-state index in [0.717, 1.165) is 17.0 Å². The zero-order valence-electron chi connectivity index (χ0n) is 7.11. The van der Waals surface area contributed by atoms with E-state index in [-0.39, 0.29) is 0 Å². The Labute approximate surface area is 75.6 Å². The predicted molar refractivity (Wildman–Crippen MR) is 47.2 cm³/mol. The lowest BCUT2D eigenvalue weighted by molar-refractivity contribution is 0.415. The van der Waals surface area contributed by atoms with Gasteiger partial charge in [-0.2, -0.15) is 0 Å². The third kappa shape index (κ3) is 1.51. The van der Waals surface area contributed by atoms with Crippen LogP contribution in [0, 0.1) is 6.20 Å². The smallest absolute Gasteiger partial charge is 0.143 e. The number of methoxy groups -OCH3 is 1. The molecule has 0 fully saturated rings. The molecule has 0 aliphatic carbocycles. The summed E-state index contributed by atoms with van der Waals surface area (Å²) in [6.45, 7) is 0. The van der Waals surface area contributed by atoms with Crippen LogP contribution in [0.25, 0.3) is 11.3 Å². The molecule has 0 atom stereocenters. The van der Waals surface area contributed by atoms with Crippen molar-refractivity contribution >= 4 is 0 Å². The zero-order chi connectivity index (χ0) is 9.10. The first kappa shape index (κ1) is 7.79. The van der Waals surface area contributed by atoms with Gasteiger partial charge in [0.15, 0.2) is 0 Å². The van der Waals surface area contributed by atoms with Crippen LogP contribution in [-0.4, -0.2) is 22.5 Å². The van der Waals surface area contributed by atoms with Crippen molar-refractivity contribution in [1.82, 2.24) is 15.4 Å². The number of H-pyrrole nitrogens is 1. The van der Waals surface area contributed by atoms with E-state index in [2.05, 4.69) is 21.6 Å². The molecule has 2 rings (SSSR count). The van der Waals surface area contributed by atoms with Crippen molar-refractivity contribution in [3.05, 3.63) is 30.5 Å². The van der Waals surface area contributed by atoms with Crippen LogP contribution < -0.4 is 4.74 Å². The molecule has 65 valence electrons. The van der Waals surface area contributed by atoms with Gasteiger partial charge >= 0.3 is 0 Å². The molecule has 4 nitrogen and oxygen atoms in total. The molecule has 0 saturated carbocycles. The van der Waals surface area contributed by atoms with Crippen LogP contribution in [0.2, 0.25) is 0 Å². The van der Waals surface area contributed by atoms with Gasteiger partial charge in [0.2, 0.25) is 0 Å². The zero-order valence-corrected chi connectivity index (χ0v) is 7.11. The fourth-order valence-electron chi connectivity index (χ4n) is 1.08. The molecule has 13 heavy (non-hydrogen) atoms. The fraction of sp³-hybridized carbons (Fsp3) is 0.111. The molecular formula is C9H8N3O. The Bertz CT molecular complexity index is 384. The number of nitrogens with zero attached hydrogens (tertiary/aromatic N) is 2. The van der Waals surface area contributed by atoms with E-state index in [4.69, 9.17) is 4.74 Å². The van der Waals surface area contributed by atoms with E-state index < -0.39 is 0 Å². The van der Waals surface area contributed by atoms with E-state index in [0.29, 0.717) is 0 Å². The minimum atomic E-state index is 0.763. The van der Waals surface area contributed by atoms with Crippen LogP contribution in [0.1, 0.15) is 0 Å². The third-order valence-corrected chi connectivity index (χ3v) is 1.73. The first-order valence-corrected chi connectivity index (χ1v) is 3.83. The molecule has 0 unspecified atom stereocenters. The van der Waals surface area contributed by atoms with Crippen molar-refractivity contribution in [2.24, 2.45) is 0 Å². The minimum Gasteiger partial charge on any atom is -0.497 e. The number of nitrogens with one attached hydrogen (secondary N) is 1. The lowest BCUT2D eigenvalue weighted by Crippen LogP contribution is -1.83. The molecular weight excluding hydrogens is 166 g/mol. The van der Waals surface area contributed by atoms with Gasteiger partial charge in [-0.25, -0.2) is 0 Å². The molecule has 1 aromatic heterocycles. The summed E-state index contributed by atoms with van der Waals surface area (Å²) in [5.41, 5.74) is 1.73. The highest BCUT2D eigenvalue weighted by atomic mass is 16.5. The Morgan fingerprint density at radius 3 is 3.08 bits per heavy atom. The number of hydrogen-bond acceptors (Lipinski definition) is 3. The summed E-state index contributed by atoms with van der Waals surface area (Å²) in [5, 5.41) is 9.90. The molecule has 0 aliphatic rings. The number of hydrogen-bond donors (Lipinski definition) is 1. The van der Waals surface area contributed by atoms with Gasteiger partial charge in [0, 0.05) is 5.56 Å². The van der Waals surface area contributed by atoms with Gasteiger partial charge < -0.3 is 4.74 Å². The Kier molecular flexibility index (Phi) is 1.96. The second-order valence-electron chi connectivity index (χ2n) is 2.53. The van der Waals surface area contributed by atoms with E-state index in [9.17, 15) is 0 Å². The average molecular weight is 174 g/mol. The molecule has 0 saturated heterocycles. The Hall–Kier alpha value is -1.84. The van der Waals surface area contributed by atoms with Gasteiger partial charge in [0.1, 0.15) is 11.9 Å². The fourth-order valence-corrected chi connectivity index (χ4v) is 1.08. The van der Waals surface area contributed by atoms with Gasteiger partial charge in [-0.15, -0.1) is 5.10 Å². The molecule has 1 radical (unpaired) electrons. The minimum absolute atomic E-state index is 0.763. The van der Waals surface area contributed by atoms with Crippen molar-refractivity contribution in [2.45, 2.75) is 0 Å². The second kappa shape index (κ2) is 3.26. The summed E-state index contributed by atoms with van der Waals surface area (Å²) in [7, 11) is 1.63. The molecule has 1 aromatic carbocycles. The van der Waals surface area contributed by atoms with Crippen LogP contribution in [0.3, 0.4) is 0 Å². The van der Waals surface area contributed by atoms with Crippen molar-refractivity contribution in [3.8, 4) is 17.0 Å². The highest BCUT2D eigenvalue weighted by Crippen LogP contribution is 2.20. The van der Waals surface area contributed by atoms with E-state index in [1.807, 2.05) is 24.3 Å². The van der Waals surface area contributed by atoms with Crippen LogP contribution in [0.15, 0.2) is 24.3 Å². The number of aromatic nitrogens is 3. The summed E-state index contributed by atoms with van der Waals surface area (Å²) >= 11 is 0. The Balaban J connectivity index is 2.41. The summed E-state index contributed by atoms with van der Waals surface area (Å²) in [6.07, 6.45) is 2.73. The van der Waals surface area contributed by atoms with Crippen molar-refractivity contribution < 1.29 is 4.74 Å². The molecule has 4 heteroatoms. The molecule has 0 bridgehead atoms. The van der Waals surface area contributed by atoms with Crippen LogP contribution in [-0.2, 0) is 0 Å². The summed E-state index contributed by atoms with van der Waals surface area (Å²) in [4.78, 5) is 0. The van der Waals surface area contributed by atoms with E-state index in [1.165, 1.54) is 0 Å². The largest absolute Gasteiger partial charge is 0.497 e. The topological polar surface area (TPSA) is 50.8 Å². The first-order valence-electron chi connectivity index (χ1n) is 3.83. The summed E-state index contributed by atoms with van der Waals surface area (Å²) in [5.74, 6) is 0.806. The summed E-state index contributed by atoms with van der Waals surface area (Å²) < 4.78 is 5.08. The molecule has 0 aliphatic heterocycles. The normalized spacial score (nSPS) is 9.92. The molecule has 2 aromatic rings. The van der Waals surface area contributed by atoms with Crippen molar-refractivity contribution in [2.75, 3.05) is 7.11 Å². The predicted octanol–water partition coefficient (Wildman–Crippen LogP) is 1.28. The molecule has 0 amide bonds. The van der Waals surface area contributed by atoms with E-state index >= 15 is 0 Å². The monoisotopic (exact) mass is 174 g/mol. The lowest BCUT2D eigenvalue weighted by atomic mass is 10.1. The lowest BCUT2D eigenvalue weighted by Gasteiger charge is -2.00. The number of ether oxygens (including phenoxy) is 1. The third-order valence-electron chi connectivity index (χ3n) is 1.73. The summed E-state index contributed by atoms with van der Waals surface area (Å²) in [6, 6.07) is 7.62. The van der Waals surface area contributed by atoms with Gasteiger partial charge in [-0.1, -0.05) is 17.3 Å². The second-order valence-corrected chi connectivity index (χ2v) is 2.53. The van der Waals surface area contributed by atoms with Gasteiger partial charge in [-0.05, 0) is 12.1 Å². The van der Waals surface area contributed by atoms with Crippen LogP contribution in [0.4, 0.5) is 0 Å². The molecule has 1 heterocycles. The quantitative estimate of drug-likeness (QED) is 0.746. The number of aromatic amines is 1. The van der Waals surface area contributed by atoms with Gasteiger partial charge in [-0.3, -0.25) is 5.10 Å². The molecule has 1 N–H and O–H groups in total. The van der Waals surface area contributed by atoms with Gasteiger partial charge in [0.25, 0.3) is 0 Å². The maximum Gasteiger partial charge on any atom is 0.143 e. The van der Waals surface area contributed by atoms with Crippen molar-refractivity contribution in [1.29, 1.82) is 0 Å². The maximum absolute atomic E-state index is 5.08. The maximum atomic E-state index is 5.08. The Morgan fingerprint density at radius 1 is 1.46 bits per heavy atom. The highest BCUT2D eigenvalue weighted by molar-refractivity contribution is 5.59. The number of rotatable bonds is 2. The standard InChI is InChI=1S/C9H8N3O/c1-13-8-4-2-3-7(5-8)9-6-10-12-11-9/h2-5H,1H3,(H,10,11,12). The SMILES string of the molecule is COc1cccc(-c2[c]nn[nH]2)c1. The first-order chi connectivity index (χ1) is 6.40. The highest BCUT2D eigenvalue weighted by Gasteiger charge is 2.00. The average Bonchev–Trinajstić information content (AvgIpc) is 2.71.